The van der Waals surface area contributed by atoms with Gasteiger partial charge in [-0.25, -0.2) is 13.9 Å². The van der Waals surface area contributed by atoms with Gasteiger partial charge in [0, 0.05) is 12.5 Å². The number of rotatable bonds is 4. The summed E-state index contributed by atoms with van der Waals surface area (Å²) in [6, 6.07) is 3.58. The van der Waals surface area contributed by atoms with Crippen LogP contribution in [0.4, 0.5) is 8.78 Å². The van der Waals surface area contributed by atoms with Gasteiger partial charge in [-0.15, -0.1) is 5.10 Å². The Bertz CT molecular complexity index is 565. The fourth-order valence-corrected chi connectivity index (χ4v) is 1.66. The van der Waals surface area contributed by atoms with Gasteiger partial charge in [0.05, 0.1) is 0 Å². The van der Waals surface area contributed by atoms with Crippen molar-refractivity contribution in [1.29, 1.82) is 0 Å². The van der Waals surface area contributed by atoms with Gasteiger partial charge in [-0.2, -0.15) is 0 Å². The second-order valence-electron chi connectivity index (χ2n) is 3.60. The number of nitrogens with one attached hydrogen (secondary N) is 1. The maximum atomic E-state index is 13.3. The molecule has 0 aliphatic carbocycles. The molecule has 1 aromatic carbocycles. The summed E-state index contributed by atoms with van der Waals surface area (Å²) in [6.07, 6.45) is 1.72. The van der Waals surface area contributed by atoms with Gasteiger partial charge in [0.15, 0.2) is 0 Å². The Balaban J connectivity index is 1.92. The molecule has 0 atom stereocenters. The third-order valence-electron chi connectivity index (χ3n) is 2.33. The molecule has 17 heavy (non-hydrogen) atoms. The average molecular weight is 256 g/mol. The molecular formula is C11H10F2N2OS. The molecule has 90 valence electrons. The fourth-order valence-electron chi connectivity index (χ4n) is 1.52. The van der Waals surface area contributed by atoms with Crippen LogP contribution in [0.3, 0.4) is 0 Å². The summed E-state index contributed by atoms with van der Waals surface area (Å²) in [7, 11) is 0. The fraction of sp³-hybridized carbons (Fsp3) is 0.273. The lowest BCUT2D eigenvalue weighted by atomic mass is 10.1. The van der Waals surface area contributed by atoms with E-state index in [1.54, 1.807) is 0 Å². The zero-order valence-corrected chi connectivity index (χ0v) is 9.69. The van der Waals surface area contributed by atoms with Crippen LogP contribution >= 0.6 is 12.2 Å². The monoisotopic (exact) mass is 256 g/mol. The minimum absolute atomic E-state index is 0.230. The number of aromatic amines is 1. The van der Waals surface area contributed by atoms with Gasteiger partial charge in [0.2, 0.25) is 5.89 Å². The number of H-pyrrole nitrogens is 1. The predicted octanol–water partition coefficient (Wildman–Crippen LogP) is 3.19. The van der Waals surface area contributed by atoms with Crippen molar-refractivity contribution < 1.29 is 13.2 Å². The summed E-state index contributed by atoms with van der Waals surface area (Å²) in [6.45, 7) is 0. The molecule has 0 aliphatic heterocycles. The molecule has 0 aliphatic rings. The van der Waals surface area contributed by atoms with E-state index in [4.69, 9.17) is 16.6 Å². The summed E-state index contributed by atoms with van der Waals surface area (Å²) < 4.78 is 31.0. The first kappa shape index (κ1) is 11.9. The Morgan fingerprint density at radius 2 is 2.12 bits per heavy atom. The summed E-state index contributed by atoms with van der Waals surface area (Å²) in [5.41, 5.74) is 0.487. The van der Waals surface area contributed by atoms with Gasteiger partial charge >= 0.3 is 0 Å². The van der Waals surface area contributed by atoms with Crippen molar-refractivity contribution in [3.63, 3.8) is 0 Å². The van der Waals surface area contributed by atoms with Gasteiger partial charge in [-0.1, -0.05) is 6.07 Å². The lowest BCUT2D eigenvalue weighted by Crippen LogP contribution is -1.94. The minimum atomic E-state index is -0.565. The highest BCUT2D eigenvalue weighted by molar-refractivity contribution is 7.71. The summed E-state index contributed by atoms with van der Waals surface area (Å²) in [5.74, 6) is -0.588. The Morgan fingerprint density at radius 1 is 1.29 bits per heavy atom. The van der Waals surface area contributed by atoms with Crippen molar-refractivity contribution in [3.05, 3.63) is 46.1 Å². The number of aromatic nitrogens is 2. The van der Waals surface area contributed by atoms with E-state index in [1.807, 2.05) is 0 Å². The first-order chi connectivity index (χ1) is 8.15. The number of halogens is 2. The zero-order valence-electron chi connectivity index (χ0n) is 8.87. The van der Waals surface area contributed by atoms with Crippen molar-refractivity contribution in [2.45, 2.75) is 19.3 Å². The van der Waals surface area contributed by atoms with Crippen LogP contribution in [0, 0.1) is 16.5 Å². The van der Waals surface area contributed by atoms with E-state index in [2.05, 4.69) is 10.2 Å². The highest BCUT2D eigenvalue weighted by Crippen LogP contribution is 2.12. The van der Waals surface area contributed by atoms with Crippen molar-refractivity contribution in [2.75, 3.05) is 0 Å². The third-order valence-corrected chi connectivity index (χ3v) is 2.51. The van der Waals surface area contributed by atoms with E-state index in [0.29, 0.717) is 30.7 Å². The number of benzene rings is 1. The van der Waals surface area contributed by atoms with Gasteiger partial charge in [0.25, 0.3) is 4.84 Å². The maximum absolute atomic E-state index is 13.3. The predicted molar refractivity (Wildman–Crippen MR) is 60.1 cm³/mol. The topological polar surface area (TPSA) is 41.8 Å². The number of hydrogen-bond donors (Lipinski definition) is 1. The largest absolute Gasteiger partial charge is 0.414 e. The number of aryl methyl sites for hydroxylation is 2. The highest BCUT2D eigenvalue weighted by atomic mass is 32.1. The van der Waals surface area contributed by atoms with Crippen molar-refractivity contribution in [3.8, 4) is 0 Å². The van der Waals surface area contributed by atoms with Crippen LogP contribution in [0.1, 0.15) is 17.9 Å². The summed E-state index contributed by atoms with van der Waals surface area (Å²) in [5, 5.41) is 6.34. The molecule has 6 heteroatoms. The Kier molecular flexibility index (Phi) is 3.63. The second kappa shape index (κ2) is 5.18. The average Bonchev–Trinajstić information content (AvgIpc) is 2.68. The smallest absolute Gasteiger partial charge is 0.284 e. The van der Waals surface area contributed by atoms with Crippen molar-refractivity contribution in [2.24, 2.45) is 0 Å². The van der Waals surface area contributed by atoms with E-state index < -0.39 is 11.6 Å². The molecule has 0 saturated heterocycles. The highest BCUT2D eigenvalue weighted by Gasteiger charge is 2.05. The third kappa shape index (κ3) is 3.20. The van der Waals surface area contributed by atoms with Gasteiger partial charge in [-0.05, 0) is 36.7 Å². The molecular weight excluding hydrogens is 246 g/mol. The quantitative estimate of drug-likeness (QED) is 0.854. The normalized spacial score (nSPS) is 10.7. The molecule has 2 rings (SSSR count). The molecule has 3 nitrogen and oxygen atoms in total. The molecule has 0 amide bonds. The number of hydrogen-bond acceptors (Lipinski definition) is 3. The van der Waals surface area contributed by atoms with Crippen LogP contribution in [-0.4, -0.2) is 10.2 Å². The lowest BCUT2D eigenvalue weighted by molar-refractivity contribution is 0.472. The zero-order chi connectivity index (χ0) is 12.3. The van der Waals surface area contributed by atoms with Crippen LogP contribution in [0.2, 0.25) is 0 Å². The SMILES string of the molecule is Fc1ccc(CCCc2n[nH]c(=S)o2)c(F)c1. The molecule has 1 N–H and O–H groups in total. The molecule has 0 saturated carbocycles. The van der Waals surface area contributed by atoms with Crippen LogP contribution in [0.25, 0.3) is 0 Å². The molecule has 0 radical (unpaired) electrons. The van der Waals surface area contributed by atoms with Crippen molar-refractivity contribution in [1.82, 2.24) is 10.2 Å². The van der Waals surface area contributed by atoms with E-state index >= 15 is 0 Å². The van der Waals surface area contributed by atoms with Crippen LogP contribution in [-0.2, 0) is 12.8 Å². The molecule has 2 aromatic rings. The number of nitrogens with zero attached hydrogens (tertiary/aromatic N) is 1. The van der Waals surface area contributed by atoms with Crippen LogP contribution in [0.15, 0.2) is 22.6 Å². The Morgan fingerprint density at radius 3 is 2.76 bits per heavy atom. The molecule has 1 heterocycles. The Labute approximate surface area is 101 Å². The van der Waals surface area contributed by atoms with Gasteiger partial charge in [0.1, 0.15) is 11.6 Å². The first-order valence-electron chi connectivity index (χ1n) is 5.13. The summed E-state index contributed by atoms with van der Waals surface area (Å²) >= 11 is 4.73. The van der Waals surface area contributed by atoms with Crippen LogP contribution < -0.4 is 0 Å². The maximum Gasteiger partial charge on any atom is 0.284 e. The van der Waals surface area contributed by atoms with Gasteiger partial charge < -0.3 is 4.42 Å². The minimum Gasteiger partial charge on any atom is -0.414 e. The molecule has 0 spiro atoms. The first-order valence-corrected chi connectivity index (χ1v) is 5.54. The van der Waals surface area contributed by atoms with E-state index in [9.17, 15) is 8.78 Å². The molecule has 0 unspecified atom stereocenters. The molecule has 1 aromatic heterocycles. The van der Waals surface area contributed by atoms with Crippen molar-refractivity contribution >= 4 is 12.2 Å². The Hall–Kier alpha value is -1.56. The standard InChI is InChI=1S/C11H10F2N2OS/c12-8-5-4-7(9(13)6-8)2-1-3-10-14-15-11(17)16-10/h4-6H,1-3H2,(H,15,17). The van der Waals surface area contributed by atoms with Gasteiger partial charge in [-0.3, -0.25) is 0 Å². The lowest BCUT2D eigenvalue weighted by Gasteiger charge is -2.01. The molecule has 0 fully saturated rings. The molecule has 0 bridgehead atoms. The van der Waals surface area contributed by atoms with E-state index in [0.717, 1.165) is 6.07 Å². The van der Waals surface area contributed by atoms with E-state index in [1.165, 1.54) is 12.1 Å². The van der Waals surface area contributed by atoms with Crippen LogP contribution in [0.5, 0.6) is 0 Å². The van der Waals surface area contributed by atoms with E-state index in [-0.39, 0.29) is 4.84 Å². The summed E-state index contributed by atoms with van der Waals surface area (Å²) in [4.78, 5) is 0.230. The second-order valence-corrected chi connectivity index (χ2v) is 3.97.